The third-order valence-corrected chi connectivity index (χ3v) is 5.02. The number of carbonyl (C=O) groups is 1. The Morgan fingerprint density at radius 2 is 2.14 bits per heavy atom. The third kappa shape index (κ3) is 4.62. The number of carbonyl (C=O) groups excluding carboxylic acids is 1. The number of rotatable bonds is 7. The number of aryl methyl sites for hydroxylation is 1. The van der Waals surface area contributed by atoms with Crippen molar-refractivity contribution in [3.63, 3.8) is 0 Å². The number of aromatic nitrogens is 4. The van der Waals surface area contributed by atoms with E-state index in [1.807, 2.05) is 55.9 Å². The van der Waals surface area contributed by atoms with Gasteiger partial charge in [-0.25, -0.2) is 0 Å². The number of methoxy groups -OCH3 is 1. The summed E-state index contributed by atoms with van der Waals surface area (Å²) in [4.78, 5) is 12.7. The fraction of sp³-hybridized carbons (Fsp3) is 0.350. The number of nitrogens with zero attached hydrogens (tertiary/aromatic N) is 4. The molecule has 0 saturated carbocycles. The lowest BCUT2D eigenvalue weighted by Crippen LogP contribution is -2.25. The number of amides is 1. The number of hydrogen-bond donors (Lipinski definition) is 1. The van der Waals surface area contributed by atoms with Crippen molar-refractivity contribution >= 4 is 27.5 Å². The molecule has 1 aromatic carbocycles. The summed E-state index contributed by atoms with van der Waals surface area (Å²) in [6.07, 6.45) is 3.56. The first-order chi connectivity index (χ1) is 13.4. The molecule has 0 saturated heterocycles. The molecule has 0 fully saturated rings. The molecule has 1 amide bonds. The summed E-state index contributed by atoms with van der Waals surface area (Å²) >= 11 is 3.37. The molecule has 1 unspecified atom stereocenters. The molecule has 2 aromatic heterocycles. The predicted octanol–water partition coefficient (Wildman–Crippen LogP) is 3.79. The van der Waals surface area contributed by atoms with Crippen molar-refractivity contribution in [1.82, 2.24) is 19.6 Å². The Balaban J connectivity index is 1.71. The van der Waals surface area contributed by atoms with E-state index in [1.54, 1.807) is 18.0 Å². The molecule has 0 aliphatic carbocycles. The molecular weight excluding hydrogens is 422 g/mol. The normalized spacial score (nSPS) is 12.0. The second-order valence-electron chi connectivity index (χ2n) is 6.83. The number of ether oxygens (including phenoxy) is 1. The summed E-state index contributed by atoms with van der Waals surface area (Å²) in [6, 6.07) is 7.88. The number of anilines is 1. The van der Waals surface area contributed by atoms with Gasteiger partial charge in [0.25, 0.3) is 0 Å². The van der Waals surface area contributed by atoms with Gasteiger partial charge in [0.2, 0.25) is 5.91 Å². The Kier molecular flexibility index (Phi) is 6.18. The Morgan fingerprint density at radius 1 is 1.36 bits per heavy atom. The standard InChI is InChI=1S/C20H24BrN5O2/c1-13(10-25-12-17(21)9-22-25)20(27)23-19-14(2)24-26(15(19)3)11-16-6-5-7-18(8-16)28-4/h5-9,12-13H,10-11H2,1-4H3,(H,23,27). The minimum atomic E-state index is -0.229. The van der Waals surface area contributed by atoms with Crippen LogP contribution in [0.3, 0.4) is 0 Å². The van der Waals surface area contributed by atoms with Gasteiger partial charge in [0.15, 0.2) is 0 Å². The summed E-state index contributed by atoms with van der Waals surface area (Å²) in [7, 11) is 1.65. The van der Waals surface area contributed by atoms with Crippen molar-refractivity contribution in [2.75, 3.05) is 12.4 Å². The van der Waals surface area contributed by atoms with E-state index < -0.39 is 0 Å². The lowest BCUT2D eigenvalue weighted by Gasteiger charge is -2.13. The van der Waals surface area contributed by atoms with Gasteiger partial charge >= 0.3 is 0 Å². The molecule has 148 valence electrons. The largest absolute Gasteiger partial charge is 0.497 e. The monoisotopic (exact) mass is 445 g/mol. The maximum Gasteiger partial charge on any atom is 0.229 e. The highest BCUT2D eigenvalue weighted by Crippen LogP contribution is 2.22. The minimum Gasteiger partial charge on any atom is -0.497 e. The molecule has 1 atom stereocenters. The zero-order chi connectivity index (χ0) is 20.3. The van der Waals surface area contributed by atoms with Crippen molar-refractivity contribution in [1.29, 1.82) is 0 Å². The molecular formula is C20H24BrN5O2. The second kappa shape index (κ2) is 8.60. The van der Waals surface area contributed by atoms with Crippen molar-refractivity contribution in [3.05, 3.63) is 58.1 Å². The van der Waals surface area contributed by atoms with Gasteiger partial charge in [0.05, 0.1) is 53.9 Å². The average Bonchev–Trinajstić information content (AvgIpc) is 3.19. The van der Waals surface area contributed by atoms with Gasteiger partial charge in [-0.15, -0.1) is 0 Å². The van der Waals surface area contributed by atoms with Crippen LogP contribution in [-0.4, -0.2) is 32.6 Å². The molecule has 0 bridgehead atoms. The van der Waals surface area contributed by atoms with Crippen LogP contribution in [0.15, 0.2) is 41.1 Å². The lowest BCUT2D eigenvalue weighted by molar-refractivity contribution is -0.119. The van der Waals surface area contributed by atoms with Crippen molar-refractivity contribution < 1.29 is 9.53 Å². The van der Waals surface area contributed by atoms with Gasteiger partial charge in [-0.1, -0.05) is 19.1 Å². The first-order valence-corrected chi connectivity index (χ1v) is 9.82. The van der Waals surface area contributed by atoms with Crippen LogP contribution < -0.4 is 10.1 Å². The van der Waals surface area contributed by atoms with Crippen LogP contribution in [0.5, 0.6) is 5.75 Å². The van der Waals surface area contributed by atoms with Gasteiger partial charge < -0.3 is 10.1 Å². The van der Waals surface area contributed by atoms with E-state index in [-0.39, 0.29) is 11.8 Å². The topological polar surface area (TPSA) is 74.0 Å². The molecule has 1 N–H and O–H groups in total. The first-order valence-electron chi connectivity index (χ1n) is 9.03. The van der Waals surface area contributed by atoms with Gasteiger partial charge in [0.1, 0.15) is 5.75 Å². The van der Waals surface area contributed by atoms with Crippen molar-refractivity contribution in [2.45, 2.75) is 33.9 Å². The van der Waals surface area contributed by atoms with Crippen LogP contribution in [0.1, 0.15) is 23.9 Å². The molecule has 7 nitrogen and oxygen atoms in total. The SMILES string of the molecule is COc1cccc(Cn2nc(C)c(NC(=O)C(C)Cn3cc(Br)cn3)c2C)c1. The number of halogens is 1. The molecule has 0 radical (unpaired) electrons. The van der Waals surface area contributed by atoms with Crippen LogP contribution in [0.4, 0.5) is 5.69 Å². The van der Waals surface area contributed by atoms with E-state index in [2.05, 4.69) is 31.4 Å². The summed E-state index contributed by atoms with van der Waals surface area (Å²) in [6.45, 7) is 6.87. The van der Waals surface area contributed by atoms with Gasteiger partial charge in [-0.3, -0.25) is 14.2 Å². The van der Waals surface area contributed by atoms with Crippen LogP contribution in [0.2, 0.25) is 0 Å². The highest BCUT2D eigenvalue weighted by molar-refractivity contribution is 9.10. The van der Waals surface area contributed by atoms with Gasteiger partial charge in [-0.2, -0.15) is 10.2 Å². The number of nitrogens with one attached hydrogen (secondary N) is 1. The first kappa shape index (κ1) is 20.1. The highest BCUT2D eigenvalue weighted by Gasteiger charge is 2.19. The fourth-order valence-corrected chi connectivity index (χ4v) is 3.35. The van der Waals surface area contributed by atoms with E-state index in [4.69, 9.17) is 4.74 Å². The van der Waals surface area contributed by atoms with Crippen LogP contribution >= 0.6 is 15.9 Å². The van der Waals surface area contributed by atoms with Crippen LogP contribution in [0.25, 0.3) is 0 Å². The maximum atomic E-state index is 12.7. The smallest absolute Gasteiger partial charge is 0.229 e. The quantitative estimate of drug-likeness (QED) is 0.600. The third-order valence-electron chi connectivity index (χ3n) is 4.61. The molecule has 28 heavy (non-hydrogen) atoms. The average molecular weight is 446 g/mol. The van der Waals surface area contributed by atoms with E-state index in [9.17, 15) is 4.79 Å². The maximum absolute atomic E-state index is 12.7. The number of hydrogen-bond acceptors (Lipinski definition) is 4. The molecule has 3 rings (SSSR count). The Labute approximate surface area is 172 Å². The lowest BCUT2D eigenvalue weighted by atomic mass is 10.1. The zero-order valence-corrected chi connectivity index (χ0v) is 18.0. The van der Waals surface area contributed by atoms with Crippen LogP contribution in [0, 0.1) is 19.8 Å². The van der Waals surface area contributed by atoms with E-state index in [1.165, 1.54) is 0 Å². The van der Waals surface area contributed by atoms with Gasteiger partial charge in [-0.05, 0) is 47.5 Å². The van der Waals surface area contributed by atoms with Crippen molar-refractivity contribution in [2.24, 2.45) is 5.92 Å². The van der Waals surface area contributed by atoms with Crippen LogP contribution in [-0.2, 0) is 17.9 Å². The van der Waals surface area contributed by atoms with E-state index in [0.717, 1.165) is 32.9 Å². The Morgan fingerprint density at radius 3 is 2.82 bits per heavy atom. The molecule has 0 aliphatic rings. The highest BCUT2D eigenvalue weighted by atomic mass is 79.9. The molecule has 8 heteroatoms. The van der Waals surface area contributed by atoms with Gasteiger partial charge in [0, 0.05) is 6.20 Å². The predicted molar refractivity (Wildman–Crippen MR) is 112 cm³/mol. The van der Waals surface area contributed by atoms with E-state index in [0.29, 0.717) is 13.1 Å². The summed E-state index contributed by atoms with van der Waals surface area (Å²) in [5.41, 5.74) is 3.56. The van der Waals surface area contributed by atoms with E-state index >= 15 is 0 Å². The number of benzene rings is 1. The molecule has 3 aromatic rings. The van der Waals surface area contributed by atoms with Crippen molar-refractivity contribution in [3.8, 4) is 5.75 Å². The summed E-state index contributed by atoms with van der Waals surface area (Å²) in [5, 5.41) is 11.8. The fourth-order valence-electron chi connectivity index (χ4n) is 3.02. The molecule has 2 heterocycles. The summed E-state index contributed by atoms with van der Waals surface area (Å²) in [5.74, 6) is 0.526. The minimum absolute atomic E-state index is 0.0567. The molecule has 0 spiro atoms. The second-order valence-corrected chi connectivity index (χ2v) is 7.74. The molecule has 0 aliphatic heterocycles. The Hall–Kier alpha value is -2.61. The zero-order valence-electron chi connectivity index (χ0n) is 16.4. The Bertz CT molecular complexity index is 979. The summed E-state index contributed by atoms with van der Waals surface area (Å²) < 4.78 is 9.83.